The summed E-state index contributed by atoms with van der Waals surface area (Å²) in [7, 11) is 0. The van der Waals surface area contributed by atoms with Gasteiger partial charge in [-0.25, -0.2) is 9.59 Å². The van der Waals surface area contributed by atoms with Crippen LogP contribution in [0.25, 0.3) is 0 Å². The lowest BCUT2D eigenvalue weighted by atomic mass is 9.84. The van der Waals surface area contributed by atoms with Crippen molar-refractivity contribution < 1.29 is 48.3 Å². The molecule has 1 rings (SSSR count). The van der Waals surface area contributed by atoms with Gasteiger partial charge in [-0.05, 0) is 34.1 Å². The van der Waals surface area contributed by atoms with Crippen molar-refractivity contribution in [3.8, 4) is 0 Å². The maximum absolute atomic E-state index is 12.5. The van der Waals surface area contributed by atoms with E-state index < -0.39 is 66.4 Å². The number of aliphatic hydroxyl groups excluding tert-OH is 2. The molecule has 1 aliphatic carbocycles. The van der Waals surface area contributed by atoms with E-state index in [1.54, 1.807) is 34.6 Å². The van der Waals surface area contributed by atoms with Crippen LogP contribution in [0.3, 0.4) is 0 Å². The third-order valence-corrected chi connectivity index (χ3v) is 5.22. The normalized spacial score (nSPS) is 28.2. The number of carbonyl (C=O) groups excluding carboxylic acids is 4. The molecule has 0 aromatic heterocycles. The van der Waals surface area contributed by atoms with E-state index in [1.807, 2.05) is 0 Å². The van der Waals surface area contributed by atoms with E-state index in [-0.39, 0.29) is 5.57 Å². The van der Waals surface area contributed by atoms with Gasteiger partial charge in [0.25, 0.3) is 0 Å². The smallest absolute Gasteiger partial charge is 0.333 e. The van der Waals surface area contributed by atoms with Crippen LogP contribution in [0.1, 0.15) is 54.9 Å². The average Bonchev–Trinajstić information content (AvgIpc) is 2.74. The van der Waals surface area contributed by atoms with E-state index in [0.717, 1.165) is 13.0 Å². The van der Waals surface area contributed by atoms with E-state index in [9.17, 15) is 29.4 Å². The minimum atomic E-state index is -1.81. The van der Waals surface area contributed by atoms with Crippen molar-refractivity contribution in [1.29, 1.82) is 0 Å². The van der Waals surface area contributed by atoms with Gasteiger partial charge in [0.05, 0.1) is 5.92 Å². The van der Waals surface area contributed by atoms with Gasteiger partial charge in [-0.1, -0.05) is 25.5 Å². The topological polar surface area (TPSA) is 146 Å². The number of carbonyl (C=O) groups is 4. The van der Waals surface area contributed by atoms with Crippen LogP contribution >= 0.6 is 0 Å². The molecule has 0 spiro atoms. The molecule has 1 aliphatic rings. The molecule has 0 saturated heterocycles. The fraction of sp³-hybridized carbons (Fsp3) is 0.652. The molecule has 7 atom stereocenters. The first-order valence-corrected chi connectivity index (χ1v) is 10.8. The number of hydrogen-bond donors (Lipinski definition) is 2. The second kappa shape index (κ2) is 12.5. The van der Waals surface area contributed by atoms with E-state index in [0.29, 0.717) is 12.0 Å². The lowest BCUT2D eigenvalue weighted by Gasteiger charge is -2.45. The Morgan fingerprint density at radius 2 is 1.36 bits per heavy atom. The van der Waals surface area contributed by atoms with Crippen molar-refractivity contribution in [3.63, 3.8) is 0 Å². The van der Waals surface area contributed by atoms with Crippen molar-refractivity contribution in [2.24, 2.45) is 5.92 Å². The Balaban J connectivity index is 3.48. The van der Waals surface area contributed by atoms with Gasteiger partial charge in [0.1, 0.15) is 12.2 Å². The lowest BCUT2D eigenvalue weighted by Crippen LogP contribution is -2.67. The lowest BCUT2D eigenvalue weighted by molar-refractivity contribution is -0.251. The summed E-state index contributed by atoms with van der Waals surface area (Å²) in [5.41, 5.74) is 0.796. The second-order valence-corrected chi connectivity index (χ2v) is 8.23. The van der Waals surface area contributed by atoms with Gasteiger partial charge in [-0.15, -0.1) is 0 Å². The molecule has 0 heterocycles. The van der Waals surface area contributed by atoms with Crippen LogP contribution in [-0.2, 0) is 38.1 Å². The van der Waals surface area contributed by atoms with Crippen LogP contribution in [0.4, 0.5) is 0 Å². The zero-order chi connectivity index (χ0) is 25.5. The fourth-order valence-corrected chi connectivity index (χ4v) is 3.04. The quantitative estimate of drug-likeness (QED) is 0.303. The Kier molecular flexibility index (Phi) is 10.7. The molecule has 1 saturated carbocycles. The van der Waals surface area contributed by atoms with E-state index >= 15 is 0 Å². The largest absolute Gasteiger partial charge is 0.455 e. The first kappa shape index (κ1) is 28.3. The number of aliphatic hydroxyl groups is 2. The zero-order valence-corrected chi connectivity index (χ0v) is 20.1. The molecule has 10 heteroatoms. The van der Waals surface area contributed by atoms with E-state index in [1.165, 1.54) is 13.0 Å². The molecule has 0 aliphatic heterocycles. The summed E-state index contributed by atoms with van der Waals surface area (Å²) in [5.74, 6) is -3.79. The molecule has 0 radical (unpaired) electrons. The highest BCUT2D eigenvalue weighted by molar-refractivity contribution is 5.88. The van der Waals surface area contributed by atoms with Crippen LogP contribution in [0.5, 0.6) is 0 Å². The third kappa shape index (κ3) is 7.68. The minimum Gasteiger partial charge on any atom is -0.455 e. The highest BCUT2D eigenvalue weighted by Crippen LogP contribution is 2.32. The summed E-state index contributed by atoms with van der Waals surface area (Å²) in [5, 5.41) is 21.5. The van der Waals surface area contributed by atoms with Crippen molar-refractivity contribution in [3.05, 3.63) is 23.3 Å². The van der Waals surface area contributed by atoms with Gasteiger partial charge in [0.2, 0.25) is 0 Å². The molecule has 33 heavy (non-hydrogen) atoms. The molecule has 0 aromatic rings. The van der Waals surface area contributed by atoms with Crippen molar-refractivity contribution in [2.45, 2.75) is 91.5 Å². The molecule has 0 bridgehead atoms. The van der Waals surface area contributed by atoms with Gasteiger partial charge in [-0.3, -0.25) is 9.59 Å². The molecular weight excluding hydrogens is 436 g/mol. The molecule has 2 N–H and O–H groups in total. The molecular formula is C23H34O10. The molecule has 0 amide bonds. The number of esters is 4. The predicted octanol–water partition coefficient (Wildman–Crippen LogP) is 1.37. The van der Waals surface area contributed by atoms with Crippen LogP contribution in [0.15, 0.2) is 23.3 Å². The SMILES string of the molecule is C/C=C(/C)C(=O)O[C@@H]1[C@H](OC(C)=O)[C@H](OC(=O)C=C(C)C)[C@@H](O)[C@H](O)[C@H]1OC(=O)C(C)CC. The number of hydrogen-bond acceptors (Lipinski definition) is 10. The van der Waals surface area contributed by atoms with Crippen LogP contribution in [0, 0.1) is 5.92 Å². The minimum absolute atomic E-state index is 0.197. The number of allylic oxidation sites excluding steroid dienone is 2. The summed E-state index contributed by atoms with van der Waals surface area (Å²) < 4.78 is 21.4. The molecule has 1 fully saturated rings. The highest BCUT2D eigenvalue weighted by Gasteiger charge is 2.57. The molecule has 10 nitrogen and oxygen atoms in total. The number of ether oxygens (including phenoxy) is 4. The highest BCUT2D eigenvalue weighted by atomic mass is 16.6. The second-order valence-electron chi connectivity index (χ2n) is 8.23. The van der Waals surface area contributed by atoms with Crippen molar-refractivity contribution >= 4 is 23.9 Å². The Labute approximate surface area is 193 Å². The van der Waals surface area contributed by atoms with Crippen LogP contribution in [-0.4, -0.2) is 70.7 Å². The monoisotopic (exact) mass is 470 g/mol. The Morgan fingerprint density at radius 1 is 0.848 bits per heavy atom. The van der Waals surface area contributed by atoms with E-state index in [2.05, 4.69) is 0 Å². The zero-order valence-electron chi connectivity index (χ0n) is 20.1. The molecule has 186 valence electrons. The first-order valence-electron chi connectivity index (χ1n) is 10.8. The standard InChI is InChI=1S/C23H34O10/c1-8-12(5)22(28)32-19-17(27)16(26)18(31-15(25)10-11(3)4)20(30-14(7)24)21(19)33-23(29)13(6)9-2/h9-10,12,16-21,26-27H,8H2,1-7H3/b13-9-/t12?,16-,17-,18+,19+,20+,21-/m0/s1. The van der Waals surface area contributed by atoms with Gasteiger partial charge in [0, 0.05) is 18.6 Å². The first-order chi connectivity index (χ1) is 15.3. The van der Waals surface area contributed by atoms with Gasteiger partial charge in [-0.2, -0.15) is 0 Å². The van der Waals surface area contributed by atoms with Crippen LogP contribution in [0.2, 0.25) is 0 Å². The predicted molar refractivity (Wildman–Crippen MR) is 116 cm³/mol. The molecule has 0 aromatic carbocycles. The van der Waals surface area contributed by atoms with Gasteiger partial charge < -0.3 is 29.2 Å². The maximum atomic E-state index is 12.5. The summed E-state index contributed by atoms with van der Waals surface area (Å²) >= 11 is 0. The summed E-state index contributed by atoms with van der Waals surface area (Å²) in [4.78, 5) is 49.1. The molecule has 1 unspecified atom stereocenters. The Morgan fingerprint density at radius 3 is 1.82 bits per heavy atom. The fourth-order valence-electron chi connectivity index (χ4n) is 3.04. The van der Waals surface area contributed by atoms with E-state index in [4.69, 9.17) is 18.9 Å². The maximum Gasteiger partial charge on any atom is 0.333 e. The van der Waals surface area contributed by atoms with Crippen molar-refractivity contribution in [1.82, 2.24) is 0 Å². The summed E-state index contributed by atoms with van der Waals surface area (Å²) in [6.45, 7) is 10.8. The Bertz CT molecular complexity index is 795. The van der Waals surface area contributed by atoms with Gasteiger partial charge in [0.15, 0.2) is 24.4 Å². The Hall–Kier alpha value is -2.72. The number of rotatable bonds is 8. The summed E-state index contributed by atoms with van der Waals surface area (Å²) in [6, 6.07) is 0. The van der Waals surface area contributed by atoms with Gasteiger partial charge >= 0.3 is 23.9 Å². The van der Waals surface area contributed by atoms with Crippen LogP contribution < -0.4 is 0 Å². The van der Waals surface area contributed by atoms with Crippen molar-refractivity contribution in [2.75, 3.05) is 0 Å². The average molecular weight is 471 g/mol. The third-order valence-electron chi connectivity index (χ3n) is 5.22. The summed E-state index contributed by atoms with van der Waals surface area (Å²) in [6.07, 6.45) is -6.87.